The molecule has 3 aromatic carbocycles. The Balaban J connectivity index is 1.59. The van der Waals surface area contributed by atoms with E-state index in [-0.39, 0.29) is 5.56 Å². The van der Waals surface area contributed by atoms with Crippen molar-refractivity contribution in [1.29, 1.82) is 0 Å². The summed E-state index contributed by atoms with van der Waals surface area (Å²) in [4.78, 5) is 28.0. The highest BCUT2D eigenvalue weighted by Crippen LogP contribution is 2.35. The molecule has 0 radical (unpaired) electrons. The molecule has 0 atom stereocenters. The molecule has 4 rings (SSSR count). The predicted octanol–water partition coefficient (Wildman–Crippen LogP) is 5.45. The Labute approximate surface area is 234 Å². The molecule has 0 aliphatic rings. The van der Waals surface area contributed by atoms with Crippen LogP contribution in [0.25, 0.3) is 11.1 Å². The van der Waals surface area contributed by atoms with E-state index in [4.69, 9.17) is 4.74 Å². The number of hydrogen-bond acceptors (Lipinski definition) is 5. The molecule has 7 heteroatoms. The van der Waals surface area contributed by atoms with Crippen molar-refractivity contribution in [1.82, 2.24) is 15.3 Å². The molecule has 1 amide bonds. The largest absolute Gasteiger partial charge is 0.492 e. The quantitative estimate of drug-likeness (QED) is 0.152. The molecule has 7 nitrogen and oxygen atoms in total. The van der Waals surface area contributed by atoms with E-state index in [1.165, 1.54) is 29.5 Å². The second-order valence-electron chi connectivity index (χ2n) is 9.51. The number of rotatable bonds is 11. The van der Waals surface area contributed by atoms with Crippen LogP contribution in [0.1, 0.15) is 46.0 Å². The summed E-state index contributed by atoms with van der Waals surface area (Å²) in [6.45, 7) is 3.66. The molecule has 0 aliphatic carbocycles. The highest BCUT2D eigenvalue weighted by molar-refractivity contribution is 5.99. The molecule has 0 bridgehead atoms. The van der Waals surface area contributed by atoms with Gasteiger partial charge in [0.2, 0.25) is 5.56 Å². The lowest BCUT2D eigenvalue weighted by Gasteiger charge is -2.17. The fourth-order valence-electron chi connectivity index (χ4n) is 4.26. The van der Waals surface area contributed by atoms with Crippen molar-refractivity contribution in [2.75, 3.05) is 27.2 Å². The number of allylic oxidation sites excluding steroid dienone is 1. The standard InChI is InChI=1S/C33H34N4O3/c1-4-30(25-8-6-5-7-9-25)32(27-14-17-29(18-15-27)40-21-20-37(2)3)26-12-10-24(11-13-26)22-35-36-33(39)28-16-19-31(38)34-23-28/h5-19,22-23H,4,20-21H2,1-3H3,(H,34,38)(H,36,39)/b32-30-,35-22+. The van der Waals surface area contributed by atoms with Gasteiger partial charge in [-0.1, -0.05) is 73.7 Å². The first kappa shape index (κ1) is 28.3. The molecule has 0 saturated carbocycles. The zero-order valence-corrected chi connectivity index (χ0v) is 23.1. The fraction of sp³-hybridized carbons (Fsp3) is 0.182. The van der Waals surface area contributed by atoms with Crippen molar-refractivity contribution in [2.24, 2.45) is 5.10 Å². The SMILES string of the molecule is CC/C(=C(\c1ccc(/C=N/NC(=O)c2ccc(=O)[nH]c2)cc1)c1ccc(OCCN(C)C)cc1)c1ccccc1. The smallest absolute Gasteiger partial charge is 0.272 e. The first-order valence-electron chi connectivity index (χ1n) is 13.2. The Hall–Kier alpha value is -4.75. The Bertz CT molecular complexity index is 1500. The number of amides is 1. The third kappa shape index (κ3) is 7.65. The summed E-state index contributed by atoms with van der Waals surface area (Å²) in [7, 11) is 4.06. The monoisotopic (exact) mass is 534 g/mol. The number of pyridine rings is 1. The van der Waals surface area contributed by atoms with Crippen LogP contribution in [-0.2, 0) is 0 Å². The molecule has 0 spiro atoms. The van der Waals surface area contributed by atoms with E-state index in [0.29, 0.717) is 12.2 Å². The normalized spacial score (nSPS) is 11.9. The summed E-state index contributed by atoms with van der Waals surface area (Å²) in [6, 6.07) is 29.5. The van der Waals surface area contributed by atoms with Crippen molar-refractivity contribution in [3.8, 4) is 5.75 Å². The first-order valence-corrected chi connectivity index (χ1v) is 13.2. The number of hydrogen-bond donors (Lipinski definition) is 2. The lowest BCUT2D eigenvalue weighted by atomic mass is 9.88. The number of ether oxygens (including phenoxy) is 1. The third-order valence-electron chi connectivity index (χ3n) is 6.35. The maximum Gasteiger partial charge on any atom is 0.272 e. The third-order valence-corrected chi connectivity index (χ3v) is 6.35. The molecule has 204 valence electrons. The van der Waals surface area contributed by atoms with E-state index in [2.05, 4.69) is 75.9 Å². The molecular weight excluding hydrogens is 500 g/mol. The van der Waals surface area contributed by atoms with Crippen molar-refractivity contribution in [3.63, 3.8) is 0 Å². The van der Waals surface area contributed by atoms with Gasteiger partial charge in [-0.15, -0.1) is 0 Å². The molecule has 0 fully saturated rings. The van der Waals surface area contributed by atoms with Crippen molar-refractivity contribution in [3.05, 3.63) is 135 Å². The zero-order valence-electron chi connectivity index (χ0n) is 23.1. The number of hydrazone groups is 1. The highest BCUT2D eigenvalue weighted by atomic mass is 16.5. The van der Waals surface area contributed by atoms with Crippen LogP contribution in [-0.4, -0.2) is 49.3 Å². The number of likely N-dealkylation sites (N-methyl/N-ethyl adjacent to an activating group) is 1. The molecule has 1 heterocycles. The molecule has 0 saturated heterocycles. The van der Waals surface area contributed by atoms with Gasteiger partial charge in [0.15, 0.2) is 0 Å². The number of aromatic amines is 1. The van der Waals surface area contributed by atoms with E-state index in [9.17, 15) is 9.59 Å². The number of carbonyl (C=O) groups is 1. The van der Waals surface area contributed by atoms with Gasteiger partial charge in [-0.2, -0.15) is 5.10 Å². The molecule has 40 heavy (non-hydrogen) atoms. The Morgan fingerprint density at radius 2 is 1.52 bits per heavy atom. The lowest BCUT2D eigenvalue weighted by Crippen LogP contribution is -2.19. The molecule has 0 aliphatic heterocycles. The van der Waals surface area contributed by atoms with E-state index in [0.717, 1.165) is 41.0 Å². The first-order chi connectivity index (χ1) is 19.4. The van der Waals surface area contributed by atoms with Gasteiger partial charge in [0, 0.05) is 18.8 Å². The van der Waals surface area contributed by atoms with Gasteiger partial charge < -0.3 is 14.6 Å². The highest BCUT2D eigenvalue weighted by Gasteiger charge is 2.13. The maximum absolute atomic E-state index is 12.2. The average Bonchev–Trinajstić information content (AvgIpc) is 2.97. The zero-order chi connectivity index (χ0) is 28.3. The van der Waals surface area contributed by atoms with Crippen LogP contribution >= 0.6 is 0 Å². The maximum atomic E-state index is 12.2. The van der Waals surface area contributed by atoms with Crippen LogP contribution in [0.3, 0.4) is 0 Å². The molecule has 0 unspecified atom stereocenters. The fourth-order valence-corrected chi connectivity index (χ4v) is 4.26. The van der Waals surface area contributed by atoms with Crippen LogP contribution in [0, 0.1) is 0 Å². The summed E-state index contributed by atoms with van der Waals surface area (Å²) < 4.78 is 5.91. The predicted molar refractivity (Wildman–Crippen MR) is 162 cm³/mol. The number of aromatic nitrogens is 1. The number of nitrogens with one attached hydrogen (secondary N) is 2. The van der Waals surface area contributed by atoms with Crippen LogP contribution in [0.2, 0.25) is 0 Å². The lowest BCUT2D eigenvalue weighted by molar-refractivity contribution is 0.0954. The number of H-pyrrole nitrogens is 1. The summed E-state index contributed by atoms with van der Waals surface area (Å²) in [5, 5.41) is 4.07. The average molecular weight is 535 g/mol. The Morgan fingerprint density at radius 1 is 0.875 bits per heavy atom. The van der Waals surface area contributed by atoms with Crippen LogP contribution in [0.15, 0.2) is 107 Å². The van der Waals surface area contributed by atoms with Crippen LogP contribution in [0.5, 0.6) is 5.75 Å². The van der Waals surface area contributed by atoms with Crippen molar-refractivity contribution >= 4 is 23.3 Å². The summed E-state index contributed by atoms with van der Waals surface area (Å²) in [6.07, 6.45) is 3.81. The number of nitrogens with zero attached hydrogens (tertiary/aromatic N) is 2. The van der Waals surface area contributed by atoms with Gasteiger partial charge in [0.25, 0.3) is 5.91 Å². The van der Waals surface area contributed by atoms with Gasteiger partial charge in [-0.05, 0) is 72.1 Å². The topological polar surface area (TPSA) is 86.8 Å². The number of benzene rings is 3. The number of carbonyl (C=O) groups excluding carboxylic acids is 1. The second kappa shape index (κ2) is 13.9. The summed E-state index contributed by atoms with van der Waals surface area (Å²) in [5.41, 5.74) is 9.16. The molecule has 1 aromatic heterocycles. The Morgan fingerprint density at radius 3 is 2.12 bits per heavy atom. The van der Waals surface area contributed by atoms with Gasteiger partial charge in [0.1, 0.15) is 12.4 Å². The van der Waals surface area contributed by atoms with Crippen molar-refractivity contribution in [2.45, 2.75) is 13.3 Å². The van der Waals surface area contributed by atoms with E-state index < -0.39 is 5.91 Å². The van der Waals surface area contributed by atoms with E-state index in [1.807, 2.05) is 44.4 Å². The van der Waals surface area contributed by atoms with Crippen molar-refractivity contribution < 1.29 is 9.53 Å². The van der Waals surface area contributed by atoms with E-state index in [1.54, 1.807) is 6.21 Å². The molecule has 2 N–H and O–H groups in total. The van der Waals surface area contributed by atoms with Gasteiger partial charge in [0.05, 0.1) is 11.8 Å². The summed E-state index contributed by atoms with van der Waals surface area (Å²) >= 11 is 0. The van der Waals surface area contributed by atoms with E-state index >= 15 is 0 Å². The molecular formula is C33H34N4O3. The molecule has 4 aromatic rings. The minimum Gasteiger partial charge on any atom is -0.492 e. The van der Waals surface area contributed by atoms with Gasteiger partial charge in [-0.25, -0.2) is 5.43 Å². The summed E-state index contributed by atoms with van der Waals surface area (Å²) in [5.74, 6) is 0.442. The minimum absolute atomic E-state index is 0.267. The second-order valence-corrected chi connectivity index (χ2v) is 9.51. The minimum atomic E-state index is -0.404. The van der Waals surface area contributed by atoms with Gasteiger partial charge in [-0.3, -0.25) is 9.59 Å². The van der Waals surface area contributed by atoms with Crippen LogP contribution in [0.4, 0.5) is 0 Å². The Kier molecular flexibility index (Phi) is 9.80. The van der Waals surface area contributed by atoms with Gasteiger partial charge >= 0.3 is 0 Å². The van der Waals surface area contributed by atoms with Crippen LogP contribution < -0.4 is 15.7 Å².